The van der Waals surface area contributed by atoms with Crippen molar-refractivity contribution in [1.82, 2.24) is 4.57 Å². The van der Waals surface area contributed by atoms with Gasteiger partial charge in [0.25, 0.3) is 0 Å². The predicted molar refractivity (Wildman–Crippen MR) is 34.5 cm³/mol. The summed E-state index contributed by atoms with van der Waals surface area (Å²) in [6.45, 7) is 5.90. The van der Waals surface area contributed by atoms with Crippen molar-refractivity contribution in [2.45, 2.75) is 13.0 Å². The van der Waals surface area contributed by atoms with Gasteiger partial charge in [-0.15, -0.1) is 0 Å². The zero-order valence-corrected chi connectivity index (χ0v) is 8.46. The third-order valence-electron chi connectivity index (χ3n) is 1.14. The fraction of sp³-hybridized carbons (Fsp3) is 0.286. The van der Waals surface area contributed by atoms with Crippen molar-refractivity contribution >= 4 is 0 Å². The van der Waals surface area contributed by atoms with E-state index in [0.717, 1.165) is 0 Å². The van der Waals surface area contributed by atoms with Crippen molar-refractivity contribution in [1.29, 1.82) is 0 Å². The van der Waals surface area contributed by atoms with Crippen molar-refractivity contribution in [3.63, 3.8) is 0 Å². The Morgan fingerprint density at radius 3 is 2.00 bits per heavy atom. The van der Waals surface area contributed by atoms with Crippen LogP contribution in [0.15, 0.2) is 24.5 Å². The molecule has 0 aliphatic rings. The summed E-state index contributed by atoms with van der Waals surface area (Å²) in [5.41, 5.74) is 0. The largest absolute Gasteiger partial charge is 0.381 e. The fourth-order valence-electron chi connectivity index (χ4n) is 0.642. The topological polar surface area (TPSA) is 4.93 Å². The molecular weight excluding hydrogens is 187 g/mol. The van der Waals surface area contributed by atoms with Gasteiger partial charge in [0.15, 0.2) is 0 Å². The molecule has 0 fully saturated rings. The van der Waals surface area contributed by atoms with E-state index in [1.54, 1.807) is 0 Å². The molecule has 0 bridgehead atoms. The van der Waals surface area contributed by atoms with E-state index in [1.807, 2.05) is 24.5 Å². The summed E-state index contributed by atoms with van der Waals surface area (Å²) < 4.78 is 2.06. The molecule has 0 N–H and O–H groups in total. The van der Waals surface area contributed by atoms with Crippen LogP contribution in [-0.4, -0.2) is 4.57 Å². The molecule has 0 aliphatic heterocycles. The summed E-state index contributed by atoms with van der Waals surface area (Å²) in [6.07, 6.45) is 4.02. The Balaban J connectivity index is 0.000000640. The number of hydrogen-bond acceptors (Lipinski definition) is 0. The molecule has 0 amide bonds. The molecule has 9 heavy (non-hydrogen) atoms. The van der Waals surface area contributed by atoms with Crippen molar-refractivity contribution in [2.75, 3.05) is 0 Å². The maximum Gasteiger partial charge on any atom is 0.000833 e. The Morgan fingerprint density at radius 1 is 1.33 bits per heavy atom. The Hall–Kier alpha value is 0.384. The quantitative estimate of drug-likeness (QED) is 0.605. The minimum Gasteiger partial charge on any atom is -0.381 e. The van der Waals surface area contributed by atoms with E-state index in [9.17, 15) is 0 Å². The second-order valence-electron chi connectivity index (χ2n) is 1.98. The number of rotatable bonds is 1. The first-order valence-electron chi connectivity index (χ1n) is 2.76. The van der Waals surface area contributed by atoms with E-state index in [1.165, 1.54) is 0 Å². The molecule has 1 heterocycles. The van der Waals surface area contributed by atoms with Crippen molar-refractivity contribution in [3.05, 3.63) is 31.5 Å². The van der Waals surface area contributed by atoms with Crippen LogP contribution < -0.4 is 0 Å². The molecule has 1 rings (SSSR count). The van der Waals surface area contributed by atoms with Crippen LogP contribution in [0.2, 0.25) is 0 Å². The number of hydrogen-bond donors (Lipinski definition) is 0. The van der Waals surface area contributed by atoms with Gasteiger partial charge in [-0.1, -0.05) is 13.0 Å². The van der Waals surface area contributed by atoms with Crippen LogP contribution in [0, 0.1) is 6.92 Å². The maximum atomic E-state index is 3.84. The van der Waals surface area contributed by atoms with Crippen LogP contribution in [0.1, 0.15) is 13.0 Å². The average Bonchev–Trinajstić information content (AvgIpc) is 2.12. The first-order valence-corrected chi connectivity index (χ1v) is 2.76. The third kappa shape index (κ3) is 2.64. The molecule has 2 heteroatoms. The molecule has 47 valence electrons. The monoisotopic (exact) mass is 197 g/mol. The minimum atomic E-state index is 0. The molecule has 0 saturated carbocycles. The molecule has 1 nitrogen and oxygen atoms in total. The molecule has 0 aliphatic carbocycles. The van der Waals surface area contributed by atoms with Gasteiger partial charge in [0.2, 0.25) is 0 Å². The SMILES string of the molecule is [CH2-]C(C)n1cccc1.[Y]. The van der Waals surface area contributed by atoms with E-state index in [-0.39, 0.29) is 32.7 Å². The van der Waals surface area contributed by atoms with Crippen LogP contribution in [0.4, 0.5) is 0 Å². The number of nitrogens with zero attached hydrogens (tertiary/aromatic N) is 1. The third-order valence-corrected chi connectivity index (χ3v) is 1.14. The first kappa shape index (κ1) is 9.38. The summed E-state index contributed by atoms with van der Waals surface area (Å²) in [4.78, 5) is 0. The van der Waals surface area contributed by atoms with Gasteiger partial charge < -0.3 is 11.5 Å². The Labute approximate surface area is 81.3 Å². The summed E-state index contributed by atoms with van der Waals surface area (Å²) in [6, 6.07) is 4.36. The molecular formula is C7H10NY-. The van der Waals surface area contributed by atoms with Gasteiger partial charge in [0.1, 0.15) is 0 Å². The van der Waals surface area contributed by atoms with Gasteiger partial charge in [0, 0.05) is 45.1 Å². The van der Waals surface area contributed by atoms with Crippen LogP contribution >= 0.6 is 0 Å². The molecule has 1 aromatic rings. The van der Waals surface area contributed by atoms with E-state index < -0.39 is 0 Å². The van der Waals surface area contributed by atoms with Gasteiger partial charge in [0.05, 0.1) is 0 Å². The van der Waals surface area contributed by atoms with E-state index in [0.29, 0.717) is 6.04 Å². The second kappa shape index (κ2) is 4.24. The molecule has 0 saturated heterocycles. The van der Waals surface area contributed by atoms with Gasteiger partial charge in [-0.25, -0.2) is 0 Å². The summed E-state index contributed by atoms with van der Waals surface area (Å²) in [5, 5.41) is 0. The summed E-state index contributed by atoms with van der Waals surface area (Å²) in [7, 11) is 0. The zero-order chi connectivity index (χ0) is 5.98. The molecule has 1 radical (unpaired) electrons. The maximum absolute atomic E-state index is 3.84. The van der Waals surface area contributed by atoms with E-state index >= 15 is 0 Å². The summed E-state index contributed by atoms with van der Waals surface area (Å²) >= 11 is 0. The fourth-order valence-corrected chi connectivity index (χ4v) is 0.642. The van der Waals surface area contributed by atoms with Gasteiger partial charge in [-0.2, -0.15) is 0 Å². The normalized spacial score (nSPS) is 12.2. The van der Waals surface area contributed by atoms with Crippen molar-refractivity contribution in [3.8, 4) is 0 Å². The zero-order valence-electron chi connectivity index (χ0n) is 5.62. The average molecular weight is 197 g/mol. The smallest absolute Gasteiger partial charge is 0.000833 e. The molecule has 0 aromatic carbocycles. The van der Waals surface area contributed by atoms with E-state index in [4.69, 9.17) is 0 Å². The van der Waals surface area contributed by atoms with Gasteiger partial charge in [-0.05, 0) is 12.1 Å². The molecule has 1 unspecified atom stereocenters. The predicted octanol–water partition coefficient (Wildman–Crippen LogP) is 1.88. The van der Waals surface area contributed by atoms with Crippen LogP contribution in [0.3, 0.4) is 0 Å². The van der Waals surface area contributed by atoms with Gasteiger partial charge in [-0.3, -0.25) is 0 Å². The van der Waals surface area contributed by atoms with Crippen molar-refractivity contribution in [2.24, 2.45) is 0 Å². The molecule has 1 aromatic heterocycles. The van der Waals surface area contributed by atoms with Crippen LogP contribution in [0.5, 0.6) is 0 Å². The second-order valence-corrected chi connectivity index (χ2v) is 1.98. The Kier molecular flexibility index (Phi) is 4.42. The summed E-state index contributed by atoms with van der Waals surface area (Å²) in [5.74, 6) is 0. The van der Waals surface area contributed by atoms with Gasteiger partial charge >= 0.3 is 0 Å². The van der Waals surface area contributed by atoms with Crippen LogP contribution in [0.25, 0.3) is 0 Å². The Bertz CT molecular complexity index is 144. The van der Waals surface area contributed by atoms with E-state index in [2.05, 4.69) is 18.4 Å². The molecule has 1 atom stereocenters. The number of aromatic nitrogens is 1. The first-order chi connectivity index (χ1) is 3.80. The minimum absolute atomic E-state index is 0. The Morgan fingerprint density at radius 2 is 1.78 bits per heavy atom. The molecule has 0 spiro atoms. The van der Waals surface area contributed by atoms with Crippen LogP contribution in [-0.2, 0) is 32.7 Å². The van der Waals surface area contributed by atoms with Crippen molar-refractivity contribution < 1.29 is 32.7 Å². The standard InChI is InChI=1S/C7H10N.Y/c1-7(2)8-5-3-4-6-8;/h3-7H,1H2,2H3;/q-1;.